The zero-order valence-corrected chi connectivity index (χ0v) is 54.0. The second-order valence-electron chi connectivity index (χ2n) is 24.2. The summed E-state index contributed by atoms with van der Waals surface area (Å²) in [6, 6.07) is 120. The van der Waals surface area contributed by atoms with Crippen LogP contribution in [0.3, 0.4) is 0 Å². The molecule has 0 amide bonds. The number of thiophene rings is 4. The van der Waals surface area contributed by atoms with Crippen molar-refractivity contribution in [3.05, 3.63) is 328 Å². The minimum Gasteiger partial charge on any atom is -0.308 e. The van der Waals surface area contributed by atoms with Crippen LogP contribution in [0.5, 0.6) is 0 Å². The van der Waals surface area contributed by atoms with E-state index in [4.69, 9.17) is 0 Å². The molecule has 0 N–H and O–H groups in total. The molecule has 0 atom stereocenters. The lowest BCUT2D eigenvalue weighted by Gasteiger charge is -2.12. The highest BCUT2D eigenvalue weighted by Crippen LogP contribution is 2.50. The fourth-order valence-electron chi connectivity index (χ4n) is 14.6. The van der Waals surface area contributed by atoms with Gasteiger partial charge in [-0.2, -0.15) is 0 Å². The van der Waals surface area contributed by atoms with Crippen LogP contribution in [0, 0.1) is 0 Å². The molecule has 0 saturated carbocycles. The van der Waals surface area contributed by atoms with Crippen LogP contribution in [0.2, 0.25) is 0 Å². The van der Waals surface area contributed by atoms with E-state index in [9.17, 15) is 0 Å². The lowest BCUT2D eigenvalue weighted by atomic mass is 9.93. The maximum absolute atomic E-state index is 2.43. The topological polar surface area (TPSA) is 9.86 Å². The van der Waals surface area contributed by atoms with Gasteiger partial charge in [-0.1, -0.05) is 267 Å². The Kier molecular flexibility index (Phi) is 13.1. The molecule has 0 spiro atoms. The molecule has 0 aliphatic carbocycles. The van der Waals surface area contributed by atoms with Crippen molar-refractivity contribution in [2.75, 3.05) is 0 Å². The fourth-order valence-corrected chi connectivity index (χ4v) is 19.6. The highest BCUT2D eigenvalue weighted by molar-refractivity contribution is 7.28. The van der Waals surface area contributed by atoms with Gasteiger partial charge in [0.05, 0.1) is 31.5 Å². The average Bonchev–Trinajstić information content (AvgIpc) is 1.58. The van der Waals surface area contributed by atoms with Crippen molar-refractivity contribution in [2.24, 2.45) is 0 Å². The Morgan fingerprint density at radius 1 is 0.181 bits per heavy atom. The first-order chi connectivity index (χ1) is 46.6. The average molecular weight is 1270 g/mol. The van der Waals surface area contributed by atoms with E-state index in [0.29, 0.717) is 0 Å². The molecule has 2 nitrogen and oxygen atoms in total. The van der Waals surface area contributed by atoms with Crippen LogP contribution in [0.1, 0.15) is 0 Å². The molecule has 0 unspecified atom stereocenters. The molecule has 94 heavy (non-hydrogen) atoms. The van der Waals surface area contributed by atoms with Gasteiger partial charge < -0.3 is 9.13 Å². The summed E-state index contributed by atoms with van der Waals surface area (Å²) in [4.78, 5) is 0. The van der Waals surface area contributed by atoms with E-state index in [1.54, 1.807) is 0 Å². The minimum atomic E-state index is 1.19. The van der Waals surface area contributed by atoms with Crippen molar-refractivity contribution in [1.29, 1.82) is 0 Å². The first-order valence-corrected chi connectivity index (χ1v) is 35.1. The minimum absolute atomic E-state index is 1.19. The molecular formula is C88H54N2S4. The van der Waals surface area contributed by atoms with Crippen molar-refractivity contribution >= 4 is 148 Å². The van der Waals surface area contributed by atoms with Crippen molar-refractivity contribution in [3.8, 4) is 78.1 Å². The van der Waals surface area contributed by atoms with Crippen LogP contribution in [0.15, 0.2) is 328 Å². The van der Waals surface area contributed by atoms with Gasteiger partial charge >= 0.3 is 0 Å². The second kappa shape index (κ2) is 22.4. The predicted molar refractivity (Wildman–Crippen MR) is 411 cm³/mol. The summed E-state index contributed by atoms with van der Waals surface area (Å²) in [7, 11) is 0. The molecule has 0 fully saturated rings. The highest BCUT2D eigenvalue weighted by atomic mass is 32.1. The molecule has 6 heteroatoms. The summed E-state index contributed by atoms with van der Waals surface area (Å²) in [6.45, 7) is 0. The van der Waals surface area contributed by atoms with E-state index in [2.05, 4.69) is 337 Å². The van der Waals surface area contributed by atoms with Crippen molar-refractivity contribution < 1.29 is 0 Å². The summed E-state index contributed by atoms with van der Waals surface area (Å²) in [5, 5.41) is 10.5. The Balaban J connectivity index is 0.000000133. The Morgan fingerprint density at radius 3 is 1.04 bits per heavy atom. The molecule has 440 valence electrons. The quantitative estimate of drug-likeness (QED) is 0.143. The molecule has 6 heterocycles. The van der Waals surface area contributed by atoms with E-state index >= 15 is 0 Å². The van der Waals surface area contributed by atoms with Crippen LogP contribution in [-0.2, 0) is 0 Å². The molecular weight excluding hydrogens is 1210 g/mol. The molecule has 0 aliphatic heterocycles. The molecule has 20 rings (SSSR count). The number of rotatable bonds is 8. The smallest absolute Gasteiger partial charge is 0.0727 e. The van der Waals surface area contributed by atoms with Gasteiger partial charge in [-0.25, -0.2) is 0 Å². The molecule has 0 saturated heterocycles. The Labute approximate surface area is 558 Å². The fraction of sp³-hybridized carbons (Fsp3) is 0. The normalized spacial score (nSPS) is 11.8. The number of para-hydroxylation sites is 4. The second-order valence-corrected chi connectivity index (χ2v) is 28.4. The zero-order valence-electron chi connectivity index (χ0n) is 50.7. The number of nitrogens with zero attached hydrogens (tertiary/aromatic N) is 2. The highest BCUT2D eigenvalue weighted by Gasteiger charge is 2.23. The zero-order chi connectivity index (χ0) is 61.8. The summed E-state index contributed by atoms with van der Waals surface area (Å²) in [5.74, 6) is 0. The monoisotopic (exact) mass is 1270 g/mol. The number of aromatic nitrogens is 2. The van der Waals surface area contributed by atoms with Crippen LogP contribution in [0.25, 0.3) is 181 Å². The summed E-state index contributed by atoms with van der Waals surface area (Å²) in [5.41, 5.74) is 22.6. The standard InChI is InChI=1S/2C44H27NS2/c1-3-13-28(14-4-1)32-20-11-22-35-36-23-12-21-34(43(36)47-42(32)35)33-18-8-7-17-31(33)29-25-26-38-40(27-29)46-44-37-19-9-10-24-39(37)45(41(38)44)30-15-5-2-6-16-30;1-3-11-28(12-4-1)29-19-22-35-36-23-20-30(26-41(36)46-40(35)25-29)33-15-7-8-16-34(33)31-21-24-38-42(27-31)47-44-37-17-9-10-18-39(37)45(43(38)44)32-13-5-2-6-14-32/h2*1-27H. The number of fused-ring (bicyclic) bond motifs is 16. The molecule has 14 aromatic carbocycles. The number of benzene rings is 14. The molecule has 0 radical (unpaired) electrons. The van der Waals surface area contributed by atoms with E-state index in [1.165, 1.54) is 181 Å². The predicted octanol–water partition coefficient (Wildman–Crippen LogP) is 26.7. The number of hydrogen-bond acceptors (Lipinski definition) is 4. The largest absolute Gasteiger partial charge is 0.308 e. The molecule has 0 bridgehead atoms. The Morgan fingerprint density at radius 2 is 0.532 bits per heavy atom. The maximum Gasteiger partial charge on any atom is 0.0727 e. The number of hydrogen-bond donors (Lipinski definition) is 0. The first-order valence-electron chi connectivity index (χ1n) is 31.9. The molecule has 6 aromatic heterocycles. The molecule has 0 aliphatic rings. The van der Waals surface area contributed by atoms with Crippen molar-refractivity contribution in [2.45, 2.75) is 0 Å². The summed E-state index contributed by atoms with van der Waals surface area (Å²) >= 11 is 7.61. The first kappa shape index (κ1) is 54.7. The van der Waals surface area contributed by atoms with E-state index in [0.717, 1.165) is 0 Å². The van der Waals surface area contributed by atoms with E-state index < -0.39 is 0 Å². The van der Waals surface area contributed by atoms with Crippen LogP contribution in [0.4, 0.5) is 0 Å². The Hall–Kier alpha value is -11.0. The van der Waals surface area contributed by atoms with Crippen LogP contribution < -0.4 is 0 Å². The Bertz CT molecular complexity index is 6340. The third-order valence-electron chi connectivity index (χ3n) is 18.8. The SMILES string of the molecule is c1ccc(-c2ccc3c(c2)sc2cc(-c4ccccc4-c4ccc5c(c4)sc4c6ccccc6n(-c6ccccc6)c54)ccc23)cc1.c1ccc(-c2cccc3c2sc2c(-c4ccccc4-c4ccc5c(c4)sc4c6ccccc6n(-c6ccccc6)c54)cccc23)cc1. The molecule has 20 aromatic rings. The van der Waals surface area contributed by atoms with Crippen LogP contribution in [-0.4, -0.2) is 9.13 Å². The van der Waals surface area contributed by atoms with Gasteiger partial charge in [-0.15, -0.1) is 45.3 Å². The van der Waals surface area contributed by atoms with Gasteiger partial charge in [0.2, 0.25) is 0 Å². The lowest BCUT2D eigenvalue weighted by Crippen LogP contribution is -1.92. The summed E-state index contributed by atoms with van der Waals surface area (Å²) in [6.07, 6.45) is 0. The van der Waals surface area contributed by atoms with Gasteiger partial charge in [0.15, 0.2) is 0 Å². The van der Waals surface area contributed by atoms with Gasteiger partial charge in [-0.05, 0) is 122 Å². The van der Waals surface area contributed by atoms with Gasteiger partial charge in [0.1, 0.15) is 0 Å². The third-order valence-corrected chi connectivity index (χ3v) is 23.6. The van der Waals surface area contributed by atoms with Crippen LogP contribution >= 0.6 is 45.3 Å². The van der Waals surface area contributed by atoms with Gasteiger partial charge in [0, 0.05) is 88.2 Å². The maximum atomic E-state index is 2.43. The third kappa shape index (κ3) is 8.94. The van der Waals surface area contributed by atoms with E-state index in [1.807, 2.05) is 45.3 Å². The lowest BCUT2D eigenvalue weighted by molar-refractivity contribution is 1.19. The van der Waals surface area contributed by atoms with E-state index in [-0.39, 0.29) is 0 Å². The van der Waals surface area contributed by atoms with Gasteiger partial charge in [-0.3, -0.25) is 0 Å². The van der Waals surface area contributed by atoms with Crippen molar-refractivity contribution in [3.63, 3.8) is 0 Å². The summed E-state index contributed by atoms with van der Waals surface area (Å²) < 4.78 is 15.5. The van der Waals surface area contributed by atoms with Gasteiger partial charge in [0.25, 0.3) is 0 Å². The van der Waals surface area contributed by atoms with Crippen molar-refractivity contribution in [1.82, 2.24) is 9.13 Å².